The predicted molar refractivity (Wildman–Crippen MR) is 70.0 cm³/mol. The van der Waals surface area contributed by atoms with Crippen molar-refractivity contribution in [2.45, 2.75) is 0 Å². The Morgan fingerprint density at radius 1 is 1.21 bits per heavy atom. The first-order valence-electron chi connectivity index (χ1n) is 5.43. The standard InChI is InChI=1S/C13H11N3O3/c14-10-5-2-6-15-11(10)12(17)16-9-4-1-3-8(7-9)13(18)19/h1-7H,14H2,(H,16,17)(H,18,19). The number of benzene rings is 1. The lowest BCUT2D eigenvalue weighted by molar-refractivity contribution is 0.0696. The Hall–Kier alpha value is -2.89. The molecule has 0 bridgehead atoms. The Labute approximate surface area is 108 Å². The molecule has 1 aromatic carbocycles. The van der Waals surface area contributed by atoms with Gasteiger partial charge in [0.2, 0.25) is 0 Å². The lowest BCUT2D eigenvalue weighted by Gasteiger charge is -2.07. The summed E-state index contributed by atoms with van der Waals surface area (Å²) in [6.07, 6.45) is 1.46. The average molecular weight is 257 g/mol. The zero-order valence-corrected chi connectivity index (χ0v) is 9.83. The zero-order chi connectivity index (χ0) is 13.8. The number of hydrogen-bond acceptors (Lipinski definition) is 4. The van der Waals surface area contributed by atoms with Crippen molar-refractivity contribution in [1.29, 1.82) is 0 Å². The molecule has 0 aliphatic heterocycles. The maximum atomic E-state index is 11.9. The van der Waals surface area contributed by atoms with E-state index in [0.717, 1.165) is 0 Å². The van der Waals surface area contributed by atoms with Gasteiger partial charge >= 0.3 is 5.97 Å². The lowest BCUT2D eigenvalue weighted by atomic mass is 10.2. The van der Waals surface area contributed by atoms with Crippen LogP contribution in [0.4, 0.5) is 11.4 Å². The number of carbonyl (C=O) groups excluding carboxylic acids is 1. The first-order valence-corrected chi connectivity index (χ1v) is 5.43. The van der Waals surface area contributed by atoms with Crippen LogP contribution in [0.2, 0.25) is 0 Å². The fourth-order valence-corrected chi connectivity index (χ4v) is 1.53. The third-order valence-corrected chi connectivity index (χ3v) is 2.42. The van der Waals surface area contributed by atoms with E-state index in [2.05, 4.69) is 10.3 Å². The Bertz CT molecular complexity index is 641. The minimum Gasteiger partial charge on any atom is -0.478 e. The molecule has 0 saturated carbocycles. The molecule has 2 rings (SSSR count). The van der Waals surface area contributed by atoms with Crippen LogP contribution < -0.4 is 11.1 Å². The molecule has 96 valence electrons. The van der Waals surface area contributed by atoms with Crippen LogP contribution in [0.15, 0.2) is 42.6 Å². The first kappa shape index (κ1) is 12.6. The van der Waals surface area contributed by atoms with E-state index in [0.29, 0.717) is 5.69 Å². The summed E-state index contributed by atoms with van der Waals surface area (Å²) in [4.78, 5) is 26.6. The summed E-state index contributed by atoms with van der Waals surface area (Å²) < 4.78 is 0. The van der Waals surface area contributed by atoms with Gasteiger partial charge in [0, 0.05) is 11.9 Å². The van der Waals surface area contributed by atoms with E-state index >= 15 is 0 Å². The van der Waals surface area contributed by atoms with Crippen LogP contribution in [0, 0.1) is 0 Å². The SMILES string of the molecule is Nc1cccnc1C(=O)Nc1cccc(C(=O)O)c1. The maximum Gasteiger partial charge on any atom is 0.335 e. The molecule has 0 fully saturated rings. The van der Waals surface area contributed by atoms with Crippen LogP contribution in [0.1, 0.15) is 20.8 Å². The quantitative estimate of drug-likeness (QED) is 0.774. The molecule has 0 saturated heterocycles. The van der Waals surface area contributed by atoms with Gasteiger partial charge in [-0.3, -0.25) is 4.79 Å². The normalized spacial score (nSPS) is 9.89. The molecular weight excluding hydrogens is 246 g/mol. The molecule has 0 aliphatic carbocycles. The van der Waals surface area contributed by atoms with Gasteiger partial charge in [0.1, 0.15) is 0 Å². The number of rotatable bonds is 3. The molecule has 1 amide bonds. The van der Waals surface area contributed by atoms with Crippen molar-refractivity contribution >= 4 is 23.3 Å². The van der Waals surface area contributed by atoms with Crippen molar-refractivity contribution in [3.63, 3.8) is 0 Å². The third-order valence-electron chi connectivity index (χ3n) is 2.42. The second-order valence-electron chi connectivity index (χ2n) is 3.78. The summed E-state index contributed by atoms with van der Waals surface area (Å²) in [6.45, 7) is 0. The highest BCUT2D eigenvalue weighted by atomic mass is 16.4. The number of carboxylic acids is 1. The van der Waals surface area contributed by atoms with Crippen molar-refractivity contribution in [1.82, 2.24) is 4.98 Å². The minimum atomic E-state index is -1.06. The number of amides is 1. The molecule has 0 spiro atoms. The van der Waals surface area contributed by atoms with Crippen molar-refractivity contribution in [3.05, 3.63) is 53.9 Å². The van der Waals surface area contributed by atoms with Gasteiger partial charge in [-0.05, 0) is 30.3 Å². The number of nitrogen functional groups attached to an aromatic ring is 1. The van der Waals surface area contributed by atoms with E-state index in [1.807, 2.05) is 0 Å². The van der Waals surface area contributed by atoms with E-state index in [-0.39, 0.29) is 16.9 Å². The van der Waals surface area contributed by atoms with Gasteiger partial charge in [0.25, 0.3) is 5.91 Å². The first-order chi connectivity index (χ1) is 9.08. The lowest BCUT2D eigenvalue weighted by Crippen LogP contribution is -2.16. The highest BCUT2D eigenvalue weighted by Crippen LogP contribution is 2.14. The van der Waals surface area contributed by atoms with Gasteiger partial charge in [-0.25, -0.2) is 9.78 Å². The second kappa shape index (κ2) is 5.18. The van der Waals surface area contributed by atoms with E-state index in [1.54, 1.807) is 24.3 Å². The molecule has 0 aliphatic rings. The Morgan fingerprint density at radius 3 is 2.68 bits per heavy atom. The summed E-state index contributed by atoms with van der Waals surface area (Å²) in [5, 5.41) is 11.4. The number of hydrogen-bond donors (Lipinski definition) is 3. The van der Waals surface area contributed by atoms with E-state index in [9.17, 15) is 9.59 Å². The van der Waals surface area contributed by atoms with Crippen molar-refractivity contribution in [3.8, 4) is 0 Å². The number of carbonyl (C=O) groups is 2. The number of anilines is 2. The molecule has 0 unspecified atom stereocenters. The van der Waals surface area contributed by atoms with Crippen LogP contribution >= 0.6 is 0 Å². The summed E-state index contributed by atoms with van der Waals surface area (Å²) >= 11 is 0. The van der Waals surface area contributed by atoms with Gasteiger partial charge in [0.05, 0.1) is 11.3 Å². The summed E-state index contributed by atoms with van der Waals surface area (Å²) in [5.41, 5.74) is 6.45. The van der Waals surface area contributed by atoms with Crippen LogP contribution in [-0.2, 0) is 0 Å². The van der Waals surface area contributed by atoms with Crippen LogP contribution in [0.3, 0.4) is 0 Å². The summed E-state index contributed by atoms with van der Waals surface area (Å²) in [5.74, 6) is -1.55. The second-order valence-corrected chi connectivity index (χ2v) is 3.78. The van der Waals surface area contributed by atoms with Gasteiger partial charge < -0.3 is 16.2 Å². The number of aromatic nitrogens is 1. The monoisotopic (exact) mass is 257 g/mol. The van der Waals surface area contributed by atoms with E-state index in [4.69, 9.17) is 10.8 Å². The topological polar surface area (TPSA) is 105 Å². The smallest absolute Gasteiger partial charge is 0.335 e. The summed E-state index contributed by atoms with van der Waals surface area (Å²) in [7, 11) is 0. The number of aromatic carboxylic acids is 1. The van der Waals surface area contributed by atoms with Crippen LogP contribution in [-0.4, -0.2) is 22.0 Å². The Morgan fingerprint density at radius 2 is 2.00 bits per heavy atom. The van der Waals surface area contributed by atoms with Crippen molar-refractivity contribution < 1.29 is 14.7 Å². The van der Waals surface area contributed by atoms with Gasteiger partial charge in [-0.2, -0.15) is 0 Å². The molecule has 2 aromatic rings. The predicted octanol–water partition coefficient (Wildman–Crippen LogP) is 1.61. The third kappa shape index (κ3) is 2.86. The zero-order valence-electron chi connectivity index (χ0n) is 9.83. The molecule has 6 heteroatoms. The highest BCUT2D eigenvalue weighted by molar-refractivity contribution is 6.06. The largest absolute Gasteiger partial charge is 0.478 e. The van der Waals surface area contributed by atoms with Gasteiger partial charge in [-0.1, -0.05) is 6.07 Å². The van der Waals surface area contributed by atoms with Gasteiger partial charge in [-0.15, -0.1) is 0 Å². The molecule has 4 N–H and O–H groups in total. The number of nitrogens with one attached hydrogen (secondary N) is 1. The molecule has 0 radical (unpaired) electrons. The average Bonchev–Trinajstić information content (AvgIpc) is 2.39. The van der Waals surface area contributed by atoms with E-state index in [1.165, 1.54) is 18.3 Å². The Kier molecular flexibility index (Phi) is 3.42. The summed E-state index contributed by atoms with van der Waals surface area (Å²) in [6, 6.07) is 9.11. The maximum absolute atomic E-state index is 11.9. The van der Waals surface area contributed by atoms with E-state index < -0.39 is 11.9 Å². The van der Waals surface area contributed by atoms with Crippen LogP contribution in [0.5, 0.6) is 0 Å². The Balaban J connectivity index is 2.22. The number of nitrogens with two attached hydrogens (primary N) is 1. The fraction of sp³-hybridized carbons (Fsp3) is 0. The van der Waals surface area contributed by atoms with Crippen molar-refractivity contribution in [2.75, 3.05) is 11.1 Å². The fourth-order valence-electron chi connectivity index (χ4n) is 1.53. The number of carboxylic acid groups (broad SMARTS) is 1. The highest BCUT2D eigenvalue weighted by Gasteiger charge is 2.11. The molecule has 1 aromatic heterocycles. The molecule has 6 nitrogen and oxygen atoms in total. The molecule has 1 heterocycles. The minimum absolute atomic E-state index is 0.0896. The van der Waals surface area contributed by atoms with Crippen LogP contribution in [0.25, 0.3) is 0 Å². The molecule has 0 atom stereocenters. The van der Waals surface area contributed by atoms with Gasteiger partial charge in [0.15, 0.2) is 5.69 Å². The molecular formula is C13H11N3O3. The number of nitrogens with zero attached hydrogens (tertiary/aromatic N) is 1. The van der Waals surface area contributed by atoms with Crippen molar-refractivity contribution in [2.24, 2.45) is 0 Å². The molecule has 19 heavy (non-hydrogen) atoms. The number of pyridine rings is 1.